The van der Waals surface area contributed by atoms with Crippen LogP contribution in [0.1, 0.15) is 45.7 Å². The molecule has 0 saturated carbocycles. The summed E-state index contributed by atoms with van der Waals surface area (Å²) in [5.74, 6) is -0.289. The highest BCUT2D eigenvalue weighted by Crippen LogP contribution is 2.23. The fraction of sp³-hybridized carbons (Fsp3) is 0.280. The van der Waals surface area contributed by atoms with Crippen molar-refractivity contribution in [3.05, 3.63) is 78.1 Å². The summed E-state index contributed by atoms with van der Waals surface area (Å²) in [6.45, 7) is -2.43. The van der Waals surface area contributed by atoms with E-state index in [1.165, 1.54) is 0 Å². The lowest BCUT2D eigenvalue weighted by Crippen LogP contribution is -2.26. The van der Waals surface area contributed by atoms with Crippen LogP contribution in [0.15, 0.2) is 71.3 Å². The highest BCUT2D eigenvalue weighted by Gasteiger charge is 2.14. The number of para-hydroxylation sites is 1. The van der Waals surface area contributed by atoms with Crippen LogP contribution in [0, 0.1) is 0 Å². The highest BCUT2D eigenvalue weighted by atomic mass is 16.5. The highest BCUT2D eigenvalue weighted by molar-refractivity contribution is 5.94. The van der Waals surface area contributed by atoms with Gasteiger partial charge >= 0.3 is 5.97 Å². The molecule has 1 aromatic heterocycles. The topological polar surface area (TPSA) is 80.0 Å². The number of benzene rings is 2. The van der Waals surface area contributed by atoms with Crippen molar-refractivity contribution >= 4 is 11.9 Å². The number of nitrogens with zero attached hydrogens (tertiary/aromatic N) is 1. The van der Waals surface area contributed by atoms with Gasteiger partial charge in [0.05, 0.1) is 12.9 Å². The van der Waals surface area contributed by atoms with E-state index in [1.807, 2.05) is 0 Å². The van der Waals surface area contributed by atoms with Crippen LogP contribution in [0.3, 0.4) is 0 Å². The maximum atomic E-state index is 13.1. The number of aliphatic carboxylic acids is 1. The number of furan rings is 1. The molecule has 0 aliphatic carbocycles. The molecular weight excluding hydrogens is 394 g/mol. The van der Waals surface area contributed by atoms with E-state index in [2.05, 4.69) is 0 Å². The first kappa shape index (κ1) is 18.2. The Bertz CT molecular complexity index is 1080. The fourth-order valence-corrected chi connectivity index (χ4v) is 3.13. The Balaban J connectivity index is 1.69. The summed E-state index contributed by atoms with van der Waals surface area (Å²) in [7, 11) is 0. The van der Waals surface area contributed by atoms with Crippen LogP contribution in [0.25, 0.3) is 11.3 Å². The molecule has 31 heavy (non-hydrogen) atoms. The Labute approximate surface area is 186 Å². The zero-order valence-electron chi connectivity index (χ0n) is 20.1. The third-order valence-electron chi connectivity index (χ3n) is 4.78. The molecule has 6 nitrogen and oxygen atoms in total. The average molecular weight is 425 g/mol. The molecule has 1 heterocycles. The summed E-state index contributed by atoms with van der Waals surface area (Å²) >= 11 is 0. The summed E-state index contributed by atoms with van der Waals surface area (Å²) in [5.41, 5.74) is 1.61. The van der Waals surface area contributed by atoms with E-state index in [9.17, 15) is 9.59 Å². The van der Waals surface area contributed by atoms with Crippen LogP contribution >= 0.6 is 0 Å². The second-order valence-corrected chi connectivity index (χ2v) is 7.11. The molecule has 0 aliphatic rings. The standard InChI is InChI=1S/C25H27NO5/c1-26(25(29)20-14-12-19(13-15-20)22-10-7-17-31-22)18-21-8-4-5-9-23(21)30-16-6-2-3-11-24(27)28/h4-5,7-10,12-15,17H,2-3,6,11,16,18H2,1H3,(H,27,28)/i1D3. The predicted octanol–water partition coefficient (Wildman–Crippen LogP) is 5.24. The summed E-state index contributed by atoms with van der Waals surface area (Å²) in [5, 5.41) is 8.70. The van der Waals surface area contributed by atoms with Gasteiger partial charge in [0.2, 0.25) is 0 Å². The van der Waals surface area contributed by atoms with Crippen molar-refractivity contribution in [2.75, 3.05) is 13.6 Å². The van der Waals surface area contributed by atoms with Crippen molar-refractivity contribution in [3.8, 4) is 17.1 Å². The van der Waals surface area contributed by atoms with E-state index in [-0.39, 0.29) is 18.5 Å². The molecule has 0 unspecified atom stereocenters. The largest absolute Gasteiger partial charge is 0.493 e. The van der Waals surface area contributed by atoms with Gasteiger partial charge in [-0.25, -0.2) is 0 Å². The van der Waals surface area contributed by atoms with Gasteiger partial charge in [0.15, 0.2) is 0 Å². The quantitative estimate of drug-likeness (QED) is 0.426. The molecule has 1 amide bonds. The second-order valence-electron chi connectivity index (χ2n) is 7.11. The molecule has 2 aromatic carbocycles. The van der Waals surface area contributed by atoms with Gasteiger partial charge in [0.1, 0.15) is 11.5 Å². The number of hydrogen-bond acceptors (Lipinski definition) is 4. The fourth-order valence-electron chi connectivity index (χ4n) is 3.13. The third kappa shape index (κ3) is 6.47. The number of carbonyl (C=O) groups is 2. The molecule has 1 N–H and O–H groups in total. The zero-order valence-corrected chi connectivity index (χ0v) is 17.1. The monoisotopic (exact) mass is 424 g/mol. The van der Waals surface area contributed by atoms with Crippen molar-refractivity contribution in [2.24, 2.45) is 0 Å². The van der Waals surface area contributed by atoms with Crippen molar-refractivity contribution in [2.45, 2.75) is 32.2 Å². The first-order chi connectivity index (χ1) is 16.3. The molecule has 3 rings (SSSR count). The number of rotatable bonds is 11. The summed E-state index contributed by atoms with van der Waals surface area (Å²) in [6, 6.07) is 17.1. The molecule has 3 aromatic rings. The van der Waals surface area contributed by atoms with Crippen LogP contribution in [0.4, 0.5) is 0 Å². The minimum absolute atomic E-state index is 0.120. The van der Waals surface area contributed by atoms with E-state index in [0.29, 0.717) is 42.9 Å². The van der Waals surface area contributed by atoms with Gasteiger partial charge in [-0.05, 0) is 49.6 Å². The van der Waals surface area contributed by atoms with Gasteiger partial charge in [-0.15, -0.1) is 0 Å². The van der Waals surface area contributed by atoms with E-state index >= 15 is 0 Å². The van der Waals surface area contributed by atoms with Crippen LogP contribution in [0.5, 0.6) is 5.75 Å². The molecule has 0 radical (unpaired) electrons. The molecule has 0 fully saturated rings. The number of unbranched alkanes of at least 4 members (excludes halogenated alkanes) is 2. The maximum Gasteiger partial charge on any atom is 0.303 e. The molecule has 0 bridgehead atoms. The molecule has 0 saturated heterocycles. The Morgan fingerprint density at radius 2 is 1.84 bits per heavy atom. The van der Waals surface area contributed by atoms with Crippen molar-refractivity contribution < 1.29 is 28.0 Å². The van der Waals surface area contributed by atoms with Gasteiger partial charge in [0, 0.05) is 40.7 Å². The number of carboxylic acid groups (broad SMARTS) is 1. The summed E-state index contributed by atoms with van der Waals surface area (Å²) in [6.07, 6.45) is 3.63. The van der Waals surface area contributed by atoms with Gasteiger partial charge in [-0.3, -0.25) is 9.59 Å². The third-order valence-corrected chi connectivity index (χ3v) is 4.78. The number of ether oxygens (including phenoxy) is 1. The molecule has 6 heteroatoms. The lowest BCUT2D eigenvalue weighted by Gasteiger charge is -2.19. The van der Waals surface area contributed by atoms with E-state index in [1.54, 1.807) is 66.9 Å². The first-order valence-corrected chi connectivity index (χ1v) is 10.1. The Morgan fingerprint density at radius 3 is 2.55 bits per heavy atom. The minimum atomic E-state index is -2.65. The summed E-state index contributed by atoms with van der Waals surface area (Å²) < 4.78 is 35.0. The first-order valence-electron chi connectivity index (χ1n) is 11.6. The van der Waals surface area contributed by atoms with Crippen LogP contribution in [0.2, 0.25) is 0 Å². The average Bonchev–Trinajstić information content (AvgIpc) is 3.34. The van der Waals surface area contributed by atoms with Crippen molar-refractivity contribution in [1.29, 1.82) is 0 Å². The number of hydrogen-bond donors (Lipinski definition) is 1. The van der Waals surface area contributed by atoms with Gasteiger partial charge in [-0.1, -0.05) is 30.3 Å². The second kappa shape index (κ2) is 11.0. The van der Waals surface area contributed by atoms with Crippen molar-refractivity contribution in [1.82, 2.24) is 4.90 Å². The van der Waals surface area contributed by atoms with Gasteiger partial charge < -0.3 is 19.2 Å². The molecule has 0 atom stereocenters. The Kier molecular flexibility index (Phi) is 6.48. The molecule has 0 aliphatic heterocycles. The molecule has 0 spiro atoms. The maximum absolute atomic E-state index is 13.1. The molecular formula is C25H27NO5. The lowest BCUT2D eigenvalue weighted by atomic mass is 10.1. The number of amides is 1. The summed E-state index contributed by atoms with van der Waals surface area (Å²) in [4.78, 5) is 24.6. The zero-order chi connectivity index (χ0) is 24.6. The smallest absolute Gasteiger partial charge is 0.303 e. The van der Waals surface area contributed by atoms with Gasteiger partial charge in [0.25, 0.3) is 5.91 Å². The SMILES string of the molecule is [2H]C([2H])([2H])N(Cc1ccccc1OCCCCCC(=O)O)C(=O)c1ccc(-c2ccco2)cc1. The van der Waals surface area contributed by atoms with E-state index in [4.69, 9.17) is 18.4 Å². The van der Waals surface area contributed by atoms with E-state index < -0.39 is 18.9 Å². The lowest BCUT2D eigenvalue weighted by molar-refractivity contribution is -0.137. The van der Waals surface area contributed by atoms with Crippen LogP contribution in [-0.2, 0) is 11.3 Å². The van der Waals surface area contributed by atoms with Crippen molar-refractivity contribution in [3.63, 3.8) is 0 Å². The number of carboxylic acids is 1. The normalized spacial score (nSPS) is 12.5. The number of carbonyl (C=O) groups excluding carboxylic acids is 1. The van der Waals surface area contributed by atoms with Crippen LogP contribution in [-0.4, -0.2) is 35.5 Å². The predicted molar refractivity (Wildman–Crippen MR) is 118 cm³/mol. The van der Waals surface area contributed by atoms with E-state index in [0.717, 1.165) is 10.5 Å². The van der Waals surface area contributed by atoms with Crippen LogP contribution < -0.4 is 4.74 Å². The van der Waals surface area contributed by atoms with Gasteiger partial charge in [-0.2, -0.15) is 0 Å². The Hall–Kier alpha value is -3.54. The minimum Gasteiger partial charge on any atom is -0.493 e. The molecule has 162 valence electrons. The Morgan fingerprint density at radius 1 is 1.03 bits per heavy atom.